The fourth-order valence-corrected chi connectivity index (χ4v) is 3.64. The van der Waals surface area contributed by atoms with Crippen molar-refractivity contribution in [3.8, 4) is 0 Å². The number of sulfone groups is 1. The molecule has 96 valence electrons. The molecular formula is C10H10Br2F2O2S. The molecule has 0 bridgehead atoms. The van der Waals surface area contributed by atoms with E-state index in [9.17, 15) is 17.2 Å². The van der Waals surface area contributed by atoms with E-state index in [1.807, 2.05) is 0 Å². The van der Waals surface area contributed by atoms with E-state index < -0.39 is 31.5 Å². The summed E-state index contributed by atoms with van der Waals surface area (Å²) in [6.07, 6.45) is 1.05. The molecule has 2 atom stereocenters. The molecule has 0 saturated heterocycles. The van der Waals surface area contributed by atoms with Crippen molar-refractivity contribution in [3.05, 3.63) is 33.8 Å². The molecule has 0 amide bonds. The minimum absolute atomic E-state index is 0.00505. The second kappa shape index (κ2) is 5.32. The van der Waals surface area contributed by atoms with Gasteiger partial charge in [-0.05, 0) is 35.0 Å². The van der Waals surface area contributed by atoms with Gasteiger partial charge in [-0.25, -0.2) is 17.2 Å². The topological polar surface area (TPSA) is 34.1 Å². The van der Waals surface area contributed by atoms with Gasteiger partial charge in [0, 0.05) is 11.8 Å². The summed E-state index contributed by atoms with van der Waals surface area (Å²) in [5.74, 6) is -1.29. The summed E-state index contributed by atoms with van der Waals surface area (Å²) >= 11 is 5.95. The Balaban J connectivity index is 3.22. The van der Waals surface area contributed by atoms with Crippen LogP contribution in [-0.4, -0.2) is 19.9 Å². The van der Waals surface area contributed by atoms with Crippen LogP contribution in [0.1, 0.15) is 17.3 Å². The number of halogens is 4. The maximum Gasteiger partial charge on any atom is 0.151 e. The average molecular weight is 392 g/mol. The lowest BCUT2D eigenvalue weighted by atomic mass is 10.1. The van der Waals surface area contributed by atoms with Gasteiger partial charge in [0.1, 0.15) is 11.6 Å². The Hall–Kier alpha value is -0.0100. The van der Waals surface area contributed by atoms with Gasteiger partial charge in [0.2, 0.25) is 0 Å². The molecule has 0 aromatic heterocycles. The van der Waals surface area contributed by atoms with Crippen LogP contribution < -0.4 is 0 Å². The lowest BCUT2D eigenvalue weighted by Gasteiger charge is -2.18. The normalized spacial score (nSPS) is 15.6. The molecule has 2 nitrogen and oxygen atoms in total. The minimum atomic E-state index is -3.34. The molecule has 1 aromatic rings. The summed E-state index contributed by atoms with van der Waals surface area (Å²) in [7, 11) is -3.34. The van der Waals surface area contributed by atoms with Gasteiger partial charge in [0.15, 0.2) is 9.84 Å². The Bertz CT molecular complexity index is 531. The Morgan fingerprint density at radius 3 is 2.24 bits per heavy atom. The number of benzene rings is 1. The van der Waals surface area contributed by atoms with E-state index >= 15 is 0 Å². The Kier molecular flexibility index (Phi) is 4.71. The number of rotatable bonds is 3. The SMILES string of the molecule is CC(C(Br)c1cc(F)c(Br)cc1F)S(C)(=O)=O. The maximum absolute atomic E-state index is 13.6. The van der Waals surface area contributed by atoms with Gasteiger partial charge in [-0.1, -0.05) is 15.9 Å². The zero-order chi connectivity index (χ0) is 13.4. The lowest BCUT2D eigenvalue weighted by molar-refractivity contribution is 0.568. The van der Waals surface area contributed by atoms with Crippen molar-refractivity contribution in [1.82, 2.24) is 0 Å². The molecule has 1 aromatic carbocycles. The molecule has 7 heteroatoms. The monoisotopic (exact) mass is 390 g/mol. The van der Waals surface area contributed by atoms with Crippen molar-refractivity contribution in [2.24, 2.45) is 0 Å². The van der Waals surface area contributed by atoms with Crippen molar-refractivity contribution in [2.75, 3.05) is 6.26 Å². The predicted octanol–water partition coefficient (Wildman–Crippen LogP) is 3.60. The molecule has 1 rings (SSSR count). The van der Waals surface area contributed by atoms with Gasteiger partial charge in [-0.15, -0.1) is 0 Å². The van der Waals surface area contributed by atoms with E-state index in [0.29, 0.717) is 0 Å². The van der Waals surface area contributed by atoms with Gasteiger partial charge >= 0.3 is 0 Å². The number of alkyl halides is 1. The highest BCUT2D eigenvalue weighted by Gasteiger charge is 2.28. The van der Waals surface area contributed by atoms with Crippen molar-refractivity contribution < 1.29 is 17.2 Å². The fourth-order valence-electron chi connectivity index (χ4n) is 1.22. The molecule has 0 radical (unpaired) electrons. The van der Waals surface area contributed by atoms with Crippen LogP contribution in [0.15, 0.2) is 16.6 Å². The van der Waals surface area contributed by atoms with Gasteiger partial charge in [-0.3, -0.25) is 0 Å². The van der Waals surface area contributed by atoms with Crippen LogP contribution in [0, 0.1) is 11.6 Å². The first-order valence-electron chi connectivity index (χ1n) is 4.62. The Morgan fingerprint density at radius 2 is 1.76 bits per heavy atom. The highest BCUT2D eigenvalue weighted by Crippen LogP contribution is 2.34. The Morgan fingerprint density at radius 1 is 1.24 bits per heavy atom. The molecule has 0 saturated carbocycles. The summed E-state index contributed by atoms with van der Waals surface area (Å²) in [5.41, 5.74) is -0.0105. The maximum atomic E-state index is 13.6. The summed E-state index contributed by atoms with van der Waals surface area (Å²) in [4.78, 5) is -0.792. The van der Waals surface area contributed by atoms with Gasteiger partial charge in [0.25, 0.3) is 0 Å². The van der Waals surface area contributed by atoms with Crippen LogP contribution in [0.4, 0.5) is 8.78 Å². The first-order valence-corrected chi connectivity index (χ1v) is 8.28. The molecule has 0 N–H and O–H groups in total. The smallest absolute Gasteiger partial charge is 0.151 e. The molecule has 17 heavy (non-hydrogen) atoms. The summed E-state index contributed by atoms with van der Waals surface area (Å²) in [6, 6.07) is 1.97. The van der Waals surface area contributed by atoms with Crippen molar-refractivity contribution >= 4 is 41.7 Å². The molecule has 0 aliphatic heterocycles. The van der Waals surface area contributed by atoms with E-state index in [-0.39, 0.29) is 10.0 Å². The molecular weight excluding hydrogens is 382 g/mol. The first kappa shape index (κ1) is 15.0. The first-order chi connectivity index (χ1) is 7.64. The number of hydrogen-bond donors (Lipinski definition) is 0. The molecule has 0 aliphatic rings. The third-order valence-corrected chi connectivity index (χ3v) is 6.29. The standard InChI is InChI=1S/C10H10Br2F2O2S/c1-5(17(2,15)16)10(12)6-3-9(14)7(11)4-8(6)13/h3-5,10H,1-2H3. The second-order valence-corrected chi connectivity index (χ2v) is 7.97. The zero-order valence-electron chi connectivity index (χ0n) is 9.05. The van der Waals surface area contributed by atoms with Crippen molar-refractivity contribution in [1.29, 1.82) is 0 Å². The quantitative estimate of drug-likeness (QED) is 0.582. The molecule has 2 unspecified atom stereocenters. The molecule has 0 spiro atoms. The fraction of sp³-hybridized carbons (Fsp3) is 0.400. The van der Waals surface area contributed by atoms with E-state index in [4.69, 9.17) is 0 Å². The zero-order valence-corrected chi connectivity index (χ0v) is 13.0. The molecule has 0 aliphatic carbocycles. The predicted molar refractivity (Wildman–Crippen MR) is 70.0 cm³/mol. The van der Waals surface area contributed by atoms with Gasteiger partial charge in [-0.2, -0.15) is 0 Å². The highest BCUT2D eigenvalue weighted by atomic mass is 79.9. The molecule has 0 heterocycles. The third-order valence-electron chi connectivity index (χ3n) is 2.42. The van der Waals surface area contributed by atoms with E-state index in [2.05, 4.69) is 31.9 Å². The van der Waals surface area contributed by atoms with Crippen LogP contribution in [0.5, 0.6) is 0 Å². The summed E-state index contributed by atoms with van der Waals surface area (Å²) in [5, 5.41) is -0.849. The van der Waals surface area contributed by atoms with Crippen molar-refractivity contribution in [3.63, 3.8) is 0 Å². The van der Waals surface area contributed by atoms with Gasteiger partial charge in [0.05, 0.1) is 14.5 Å². The largest absolute Gasteiger partial charge is 0.229 e. The van der Waals surface area contributed by atoms with E-state index in [1.54, 1.807) is 0 Å². The van der Waals surface area contributed by atoms with E-state index in [1.165, 1.54) is 6.92 Å². The highest BCUT2D eigenvalue weighted by molar-refractivity contribution is 9.10. The third kappa shape index (κ3) is 3.48. The van der Waals surface area contributed by atoms with Crippen LogP contribution >= 0.6 is 31.9 Å². The summed E-state index contributed by atoms with van der Waals surface area (Å²) in [6.45, 7) is 1.44. The van der Waals surface area contributed by atoms with E-state index in [0.717, 1.165) is 18.4 Å². The number of hydrogen-bond acceptors (Lipinski definition) is 2. The average Bonchev–Trinajstić information content (AvgIpc) is 2.20. The lowest BCUT2D eigenvalue weighted by Crippen LogP contribution is -2.21. The van der Waals surface area contributed by atoms with Crippen LogP contribution in [-0.2, 0) is 9.84 Å². The van der Waals surface area contributed by atoms with Crippen molar-refractivity contribution in [2.45, 2.75) is 17.0 Å². The second-order valence-electron chi connectivity index (χ2n) is 3.72. The molecule has 0 fully saturated rings. The Labute approximate surface area is 116 Å². The van der Waals surface area contributed by atoms with Gasteiger partial charge < -0.3 is 0 Å². The van der Waals surface area contributed by atoms with Crippen LogP contribution in [0.2, 0.25) is 0 Å². The van der Waals surface area contributed by atoms with Crippen LogP contribution in [0.25, 0.3) is 0 Å². The van der Waals surface area contributed by atoms with Crippen LogP contribution in [0.3, 0.4) is 0 Å². The summed E-state index contributed by atoms with van der Waals surface area (Å²) < 4.78 is 49.6. The minimum Gasteiger partial charge on any atom is -0.229 e.